The third-order valence-corrected chi connectivity index (χ3v) is 3.42. The summed E-state index contributed by atoms with van der Waals surface area (Å²) in [4.78, 5) is 0. The quantitative estimate of drug-likeness (QED) is 0.383. The summed E-state index contributed by atoms with van der Waals surface area (Å²) in [5.41, 5.74) is 0. The summed E-state index contributed by atoms with van der Waals surface area (Å²) >= 11 is 0. The maximum absolute atomic E-state index is 12.3. The Morgan fingerprint density at radius 3 is 2.50 bits per heavy atom. The smallest absolute Gasteiger partial charge is 0.404 e. The van der Waals surface area contributed by atoms with Gasteiger partial charge < -0.3 is 4.52 Å². The summed E-state index contributed by atoms with van der Waals surface area (Å²) in [5, 5.41) is 0. The Kier molecular flexibility index (Phi) is 6.73. The number of benzene rings is 1. The molecule has 0 fully saturated rings. The summed E-state index contributed by atoms with van der Waals surface area (Å²) < 4.78 is 28.1. The minimum absolute atomic E-state index is 0.261. The maximum Gasteiger partial charge on any atom is 0.530 e. The molecule has 0 amide bonds. The molecule has 0 spiro atoms. The van der Waals surface area contributed by atoms with Gasteiger partial charge in [-0.25, -0.2) is 4.57 Å². The van der Waals surface area contributed by atoms with Crippen LogP contribution in [-0.4, -0.2) is 13.2 Å². The highest BCUT2D eigenvalue weighted by Gasteiger charge is 2.27. The molecular weight excluding hydrogens is 251 g/mol. The van der Waals surface area contributed by atoms with Gasteiger partial charge in [-0.15, -0.1) is 6.58 Å². The first-order chi connectivity index (χ1) is 8.70. The van der Waals surface area contributed by atoms with Gasteiger partial charge in [0.25, 0.3) is 0 Å². The number of hydrogen-bond donors (Lipinski definition) is 0. The van der Waals surface area contributed by atoms with Gasteiger partial charge >= 0.3 is 7.82 Å². The van der Waals surface area contributed by atoms with E-state index in [0.717, 1.165) is 6.42 Å². The standard InChI is InChI=1S/C13H19O4P/c1-3-5-12-16-18(14,15-11-4-2)17-13-9-7-6-8-10-13/h3,6-10H,1,4-5,11-12H2,2H3. The number of para-hydroxylation sites is 1. The lowest BCUT2D eigenvalue weighted by atomic mass is 10.3. The van der Waals surface area contributed by atoms with Crippen LogP contribution in [0.25, 0.3) is 0 Å². The summed E-state index contributed by atoms with van der Waals surface area (Å²) in [6.45, 7) is 6.10. The van der Waals surface area contributed by atoms with Crippen LogP contribution in [0.5, 0.6) is 5.75 Å². The zero-order chi connectivity index (χ0) is 13.3. The Hall–Kier alpha value is -1.09. The molecule has 0 saturated carbocycles. The van der Waals surface area contributed by atoms with Crippen LogP contribution in [0, 0.1) is 0 Å². The molecule has 0 aliphatic carbocycles. The second kappa shape index (κ2) is 8.09. The average molecular weight is 270 g/mol. The summed E-state index contributed by atoms with van der Waals surface area (Å²) in [7, 11) is -3.54. The molecule has 0 aliphatic heterocycles. The third-order valence-electron chi connectivity index (χ3n) is 1.99. The Balaban J connectivity index is 2.64. The van der Waals surface area contributed by atoms with Crippen molar-refractivity contribution in [2.45, 2.75) is 19.8 Å². The van der Waals surface area contributed by atoms with E-state index in [1.54, 1.807) is 30.3 Å². The summed E-state index contributed by atoms with van der Waals surface area (Å²) in [5.74, 6) is 0.468. The Morgan fingerprint density at radius 2 is 1.89 bits per heavy atom. The first-order valence-electron chi connectivity index (χ1n) is 5.95. The van der Waals surface area contributed by atoms with Gasteiger partial charge in [-0.2, -0.15) is 0 Å². The van der Waals surface area contributed by atoms with Crippen molar-refractivity contribution in [1.29, 1.82) is 0 Å². The molecule has 1 aromatic rings. The van der Waals surface area contributed by atoms with Crippen LogP contribution >= 0.6 is 7.82 Å². The first-order valence-corrected chi connectivity index (χ1v) is 7.41. The van der Waals surface area contributed by atoms with E-state index in [-0.39, 0.29) is 6.61 Å². The van der Waals surface area contributed by atoms with Gasteiger partial charge in [0.2, 0.25) is 0 Å². The summed E-state index contributed by atoms with van der Waals surface area (Å²) in [6, 6.07) is 8.85. The van der Waals surface area contributed by atoms with E-state index in [1.807, 2.05) is 13.0 Å². The fourth-order valence-corrected chi connectivity index (χ4v) is 2.45. The molecule has 100 valence electrons. The normalized spacial score (nSPS) is 13.8. The van der Waals surface area contributed by atoms with Crippen molar-refractivity contribution >= 4 is 7.82 Å². The lowest BCUT2D eigenvalue weighted by molar-refractivity contribution is 0.157. The minimum Gasteiger partial charge on any atom is -0.404 e. The van der Waals surface area contributed by atoms with Gasteiger partial charge in [-0.1, -0.05) is 31.2 Å². The summed E-state index contributed by atoms with van der Waals surface area (Å²) in [6.07, 6.45) is 3.03. The van der Waals surface area contributed by atoms with E-state index in [9.17, 15) is 4.57 Å². The molecule has 0 aliphatic rings. The van der Waals surface area contributed by atoms with Crippen LogP contribution in [0.1, 0.15) is 19.8 Å². The molecule has 1 aromatic carbocycles. The lowest BCUT2D eigenvalue weighted by Gasteiger charge is -2.17. The molecule has 1 atom stereocenters. The molecule has 5 heteroatoms. The predicted octanol–water partition coefficient (Wildman–Crippen LogP) is 4.19. The molecule has 1 rings (SSSR count). The average Bonchev–Trinajstić information content (AvgIpc) is 2.38. The number of rotatable bonds is 9. The highest BCUT2D eigenvalue weighted by atomic mass is 31.2. The molecular formula is C13H19O4P. The van der Waals surface area contributed by atoms with Crippen molar-refractivity contribution in [1.82, 2.24) is 0 Å². The van der Waals surface area contributed by atoms with E-state index in [2.05, 4.69) is 6.58 Å². The third kappa shape index (κ3) is 5.50. The largest absolute Gasteiger partial charge is 0.530 e. The minimum atomic E-state index is -3.54. The Morgan fingerprint density at radius 1 is 1.22 bits per heavy atom. The van der Waals surface area contributed by atoms with Gasteiger partial charge in [0.05, 0.1) is 13.2 Å². The van der Waals surface area contributed by atoms with Crippen molar-refractivity contribution < 1.29 is 18.1 Å². The van der Waals surface area contributed by atoms with Gasteiger partial charge in [-0.05, 0) is 25.0 Å². The van der Waals surface area contributed by atoms with Crippen LogP contribution in [-0.2, 0) is 13.6 Å². The van der Waals surface area contributed by atoms with Crippen LogP contribution in [0.3, 0.4) is 0 Å². The van der Waals surface area contributed by atoms with Gasteiger partial charge in [0.15, 0.2) is 0 Å². The van der Waals surface area contributed by atoms with E-state index < -0.39 is 7.82 Å². The zero-order valence-electron chi connectivity index (χ0n) is 10.6. The van der Waals surface area contributed by atoms with Gasteiger partial charge in [0.1, 0.15) is 5.75 Å². The molecule has 18 heavy (non-hydrogen) atoms. The Labute approximate surface area is 108 Å². The maximum atomic E-state index is 12.3. The molecule has 4 nitrogen and oxygen atoms in total. The fraction of sp³-hybridized carbons (Fsp3) is 0.385. The van der Waals surface area contributed by atoms with E-state index in [4.69, 9.17) is 13.6 Å². The topological polar surface area (TPSA) is 44.8 Å². The number of phosphoric acid groups is 1. The molecule has 0 N–H and O–H groups in total. The van der Waals surface area contributed by atoms with E-state index in [0.29, 0.717) is 18.8 Å². The molecule has 0 heterocycles. The predicted molar refractivity (Wildman–Crippen MR) is 71.7 cm³/mol. The van der Waals surface area contributed by atoms with Crippen molar-refractivity contribution in [3.8, 4) is 5.75 Å². The van der Waals surface area contributed by atoms with Crippen molar-refractivity contribution in [3.63, 3.8) is 0 Å². The monoisotopic (exact) mass is 270 g/mol. The highest BCUT2D eigenvalue weighted by molar-refractivity contribution is 7.48. The van der Waals surface area contributed by atoms with E-state index >= 15 is 0 Å². The van der Waals surface area contributed by atoms with Crippen LogP contribution in [0.15, 0.2) is 43.0 Å². The first kappa shape index (κ1) is 15.0. The number of hydrogen-bond acceptors (Lipinski definition) is 4. The fourth-order valence-electron chi connectivity index (χ4n) is 1.15. The second-order valence-corrected chi connectivity index (χ2v) is 5.19. The van der Waals surface area contributed by atoms with Crippen molar-refractivity contribution in [3.05, 3.63) is 43.0 Å². The van der Waals surface area contributed by atoms with Crippen molar-refractivity contribution in [2.75, 3.05) is 13.2 Å². The molecule has 1 unspecified atom stereocenters. The zero-order valence-corrected chi connectivity index (χ0v) is 11.5. The number of phosphoric ester groups is 1. The van der Waals surface area contributed by atoms with Gasteiger partial charge in [0, 0.05) is 0 Å². The molecule has 0 saturated heterocycles. The highest BCUT2D eigenvalue weighted by Crippen LogP contribution is 2.49. The lowest BCUT2D eigenvalue weighted by Crippen LogP contribution is -2.04. The van der Waals surface area contributed by atoms with Crippen LogP contribution < -0.4 is 4.52 Å². The van der Waals surface area contributed by atoms with Crippen molar-refractivity contribution in [2.24, 2.45) is 0 Å². The van der Waals surface area contributed by atoms with Crippen LogP contribution in [0.2, 0.25) is 0 Å². The second-order valence-electron chi connectivity index (χ2n) is 3.60. The molecule has 0 aromatic heterocycles. The van der Waals surface area contributed by atoms with Crippen LogP contribution in [0.4, 0.5) is 0 Å². The van der Waals surface area contributed by atoms with Gasteiger partial charge in [-0.3, -0.25) is 9.05 Å². The molecule has 0 radical (unpaired) electrons. The Bertz CT molecular complexity index is 391. The SMILES string of the molecule is C=CCCOP(=O)(OCCC)Oc1ccccc1. The van der Waals surface area contributed by atoms with E-state index in [1.165, 1.54) is 0 Å². The molecule has 0 bridgehead atoms.